The van der Waals surface area contributed by atoms with Crippen molar-refractivity contribution in [1.29, 1.82) is 5.26 Å². The maximum absolute atomic E-state index is 11.4. The summed E-state index contributed by atoms with van der Waals surface area (Å²) in [5.74, 6) is -0.704. The van der Waals surface area contributed by atoms with Crippen molar-refractivity contribution in [2.75, 3.05) is 6.61 Å². The lowest BCUT2D eigenvalue weighted by Crippen LogP contribution is -2.05. The van der Waals surface area contributed by atoms with Gasteiger partial charge in [-0.3, -0.25) is 0 Å². The molecule has 0 aliphatic heterocycles. The molecule has 1 aromatic carbocycles. The van der Waals surface area contributed by atoms with Crippen LogP contribution in [0.25, 0.3) is 0 Å². The Bertz CT molecular complexity index is 451. The number of halogens is 1. The summed E-state index contributed by atoms with van der Waals surface area (Å²) in [5.41, 5.74) is 0.567. The topological polar surface area (TPSA) is 70.3 Å². The quantitative estimate of drug-likeness (QED) is 0.648. The Kier molecular flexibility index (Phi) is 4.15. The molecule has 1 N–H and O–H groups in total. The number of benzene rings is 1. The predicted octanol–water partition coefficient (Wildman–Crippen LogP) is 2.18. The van der Waals surface area contributed by atoms with E-state index in [0.717, 1.165) is 0 Å². The third kappa shape index (κ3) is 2.44. The minimum absolute atomic E-state index is 0.0150. The highest BCUT2D eigenvalue weighted by Crippen LogP contribution is 2.25. The molecule has 0 heterocycles. The molecule has 84 valence electrons. The summed E-state index contributed by atoms with van der Waals surface area (Å²) in [7, 11) is 0. The normalized spacial score (nSPS) is 9.56. The van der Waals surface area contributed by atoms with Crippen molar-refractivity contribution in [2.45, 2.75) is 12.8 Å². The molecule has 1 aromatic rings. The average molecular weight is 240 g/mol. The zero-order valence-electron chi connectivity index (χ0n) is 8.66. The van der Waals surface area contributed by atoms with E-state index in [1.54, 1.807) is 13.0 Å². The van der Waals surface area contributed by atoms with E-state index in [0.29, 0.717) is 5.56 Å². The highest BCUT2D eigenvalue weighted by Gasteiger charge is 2.14. The van der Waals surface area contributed by atoms with Gasteiger partial charge in [0.25, 0.3) is 0 Å². The zero-order chi connectivity index (χ0) is 12.1. The molecule has 0 fully saturated rings. The molecule has 1 rings (SSSR count). The first kappa shape index (κ1) is 12.3. The van der Waals surface area contributed by atoms with Gasteiger partial charge >= 0.3 is 5.97 Å². The SMILES string of the molecule is CCOC(=O)c1cc(C#N)c(O)c(CCl)c1. The van der Waals surface area contributed by atoms with Crippen LogP contribution >= 0.6 is 11.6 Å². The molecule has 0 aromatic heterocycles. The second-order valence-corrected chi connectivity index (χ2v) is 3.26. The Hall–Kier alpha value is -1.73. The number of rotatable bonds is 3. The van der Waals surface area contributed by atoms with E-state index in [1.807, 2.05) is 0 Å². The third-order valence-corrected chi connectivity index (χ3v) is 2.25. The number of carbonyl (C=O) groups is 1. The molecule has 0 aliphatic rings. The summed E-state index contributed by atoms with van der Waals surface area (Å²) in [5, 5.41) is 18.3. The molecule has 0 saturated heterocycles. The summed E-state index contributed by atoms with van der Waals surface area (Å²) in [6.45, 7) is 1.93. The van der Waals surface area contributed by atoms with Gasteiger partial charge in [-0.2, -0.15) is 5.26 Å². The van der Waals surface area contributed by atoms with Gasteiger partial charge in [0.05, 0.1) is 23.6 Å². The number of esters is 1. The van der Waals surface area contributed by atoms with E-state index in [-0.39, 0.29) is 29.4 Å². The largest absolute Gasteiger partial charge is 0.506 e. The fourth-order valence-corrected chi connectivity index (χ4v) is 1.42. The zero-order valence-corrected chi connectivity index (χ0v) is 9.41. The van der Waals surface area contributed by atoms with Crippen LogP contribution in [-0.4, -0.2) is 17.7 Å². The first-order chi connectivity index (χ1) is 7.63. The molecule has 4 nitrogen and oxygen atoms in total. The molecule has 0 spiro atoms. The van der Waals surface area contributed by atoms with Crippen LogP contribution in [0.1, 0.15) is 28.4 Å². The van der Waals surface area contributed by atoms with Crippen LogP contribution in [0.15, 0.2) is 12.1 Å². The van der Waals surface area contributed by atoms with Gasteiger partial charge in [-0.25, -0.2) is 4.79 Å². The van der Waals surface area contributed by atoms with E-state index in [9.17, 15) is 9.90 Å². The number of carbonyl (C=O) groups excluding carboxylic acids is 1. The summed E-state index contributed by atoms with van der Waals surface area (Å²) in [6.07, 6.45) is 0. The first-order valence-electron chi connectivity index (χ1n) is 4.63. The first-order valence-corrected chi connectivity index (χ1v) is 5.16. The molecule has 0 saturated carbocycles. The summed E-state index contributed by atoms with van der Waals surface area (Å²) >= 11 is 5.59. The molecule has 0 radical (unpaired) electrons. The van der Waals surface area contributed by atoms with Gasteiger partial charge in [0, 0.05) is 5.56 Å². The Balaban J connectivity index is 3.23. The Labute approximate surface area is 98.0 Å². The number of phenols is 1. The van der Waals surface area contributed by atoms with Crippen molar-refractivity contribution < 1.29 is 14.6 Å². The molecule has 0 amide bonds. The van der Waals surface area contributed by atoms with Gasteiger partial charge in [-0.05, 0) is 19.1 Å². The van der Waals surface area contributed by atoms with Crippen molar-refractivity contribution >= 4 is 17.6 Å². The number of nitriles is 1. The van der Waals surface area contributed by atoms with Gasteiger partial charge in [0.2, 0.25) is 0 Å². The lowest BCUT2D eigenvalue weighted by Gasteiger charge is -2.06. The van der Waals surface area contributed by atoms with Crippen LogP contribution in [0.5, 0.6) is 5.75 Å². The van der Waals surface area contributed by atoms with E-state index in [1.165, 1.54) is 12.1 Å². The van der Waals surface area contributed by atoms with Crippen LogP contribution in [0.3, 0.4) is 0 Å². The number of phenolic OH excluding ortho intramolecular Hbond substituents is 1. The van der Waals surface area contributed by atoms with Crippen molar-refractivity contribution in [3.63, 3.8) is 0 Å². The average Bonchev–Trinajstić information content (AvgIpc) is 2.29. The smallest absolute Gasteiger partial charge is 0.338 e. The summed E-state index contributed by atoms with van der Waals surface area (Å²) in [6, 6.07) is 4.49. The molecule has 16 heavy (non-hydrogen) atoms. The van der Waals surface area contributed by atoms with Gasteiger partial charge in [0.15, 0.2) is 0 Å². The highest BCUT2D eigenvalue weighted by atomic mass is 35.5. The van der Waals surface area contributed by atoms with E-state index >= 15 is 0 Å². The minimum atomic E-state index is -0.537. The molecular formula is C11H10ClNO3. The number of hydrogen-bond donors (Lipinski definition) is 1. The number of hydrogen-bond acceptors (Lipinski definition) is 4. The van der Waals surface area contributed by atoms with Gasteiger partial charge in [-0.1, -0.05) is 0 Å². The van der Waals surface area contributed by atoms with Gasteiger partial charge in [0.1, 0.15) is 11.8 Å². The molecule has 5 heteroatoms. The van der Waals surface area contributed by atoms with Crippen molar-refractivity contribution in [3.8, 4) is 11.8 Å². The maximum Gasteiger partial charge on any atom is 0.338 e. The van der Waals surface area contributed by atoms with E-state index in [4.69, 9.17) is 21.6 Å². The van der Waals surface area contributed by atoms with Gasteiger partial charge in [-0.15, -0.1) is 11.6 Å². The molecule has 0 atom stereocenters. The maximum atomic E-state index is 11.4. The Morgan fingerprint density at radius 3 is 2.81 bits per heavy atom. The van der Waals surface area contributed by atoms with Crippen LogP contribution < -0.4 is 0 Å². The number of alkyl halides is 1. The monoisotopic (exact) mass is 239 g/mol. The van der Waals surface area contributed by atoms with Crippen molar-refractivity contribution in [2.24, 2.45) is 0 Å². The second kappa shape index (κ2) is 5.38. The van der Waals surface area contributed by atoms with E-state index in [2.05, 4.69) is 0 Å². The van der Waals surface area contributed by atoms with Crippen LogP contribution in [0.2, 0.25) is 0 Å². The fraction of sp³-hybridized carbons (Fsp3) is 0.273. The Morgan fingerprint density at radius 2 is 2.31 bits per heavy atom. The minimum Gasteiger partial charge on any atom is -0.506 e. The van der Waals surface area contributed by atoms with Crippen LogP contribution in [0.4, 0.5) is 0 Å². The molecule has 0 aliphatic carbocycles. The van der Waals surface area contributed by atoms with E-state index < -0.39 is 5.97 Å². The number of nitrogens with zero attached hydrogens (tertiary/aromatic N) is 1. The molecular weight excluding hydrogens is 230 g/mol. The number of aromatic hydroxyl groups is 1. The lowest BCUT2D eigenvalue weighted by atomic mass is 10.1. The van der Waals surface area contributed by atoms with Crippen LogP contribution in [-0.2, 0) is 10.6 Å². The lowest BCUT2D eigenvalue weighted by molar-refractivity contribution is 0.0526. The Morgan fingerprint density at radius 1 is 1.62 bits per heavy atom. The second-order valence-electron chi connectivity index (χ2n) is 3.00. The van der Waals surface area contributed by atoms with Gasteiger partial charge < -0.3 is 9.84 Å². The van der Waals surface area contributed by atoms with Crippen LogP contribution in [0, 0.1) is 11.3 Å². The number of ether oxygens (including phenoxy) is 1. The standard InChI is InChI=1S/C11H10ClNO3/c1-2-16-11(15)7-3-8(5-12)10(14)9(4-7)6-13/h3-4,14H,2,5H2,1H3. The van der Waals surface area contributed by atoms with Crippen molar-refractivity contribution in [1.82, 2.24) is 0 Å². The molecule has 0 unspecified atom stereocenters. The predicted molar refractivity (Wildman–Crippen MR) is 58.3 cm³/mol. The summed E-state index contributed by atoms with van der Waals surface area (Å²) in [4.78, 5) is 11.4. The molecule has 0 bridgehead atoms. The summed E-state index contributed by atoms with van der Waals surface area (Å²) < 4.78 is 4.79. The van der Waals surface area contributed by atoms with Crippen molar-refractivity contribution in [3.05, 3.63) is 28.8 Å². The highest BCUT2D eigenvalue weighted by molar-refractivity contribution is 6.17. The fourth-order valence-electron chi connectivity index (χ4n) is 1.21. The third-order valence-electron chi connectivity index (χ3n) is 1.96.